The highest BCUT2D eigenvalue weighted by Crippen LogP contribution is 2.20. The smallest absolute Gasteiger partial charge is 0.325 e. The minimum atomic E-state index is -1.02. The maximum absolute atomic E-state index is 13.0. The number of nitrogens with one attached hydrogen (secondary N) is 2. The van der Waals surface area contributed by atoms with Gasteiger partial charge in [0.2, 0.25) is 11.8 Å². The average molecular weight is 404 g/mol. The van der Waals surface area contributed by atoms with Crippen LogP contribution in [-0.2, 0) is 20.8 Å². The fourth-order valence-electron chi connectivity index (χ4n) is 3.43. The second-order valence-corrected chi connectivity index (χ2v) is 8.18. The van der Waals surface area contributed by atoms with Gasteiger partial charge in [0.25, 0.3) is 5.91 Å². The van der Waals surface area contributed by atoms with E-state index in [2.05, 4.69) is 10.6 Å². The third-order valence-corrected chi connectivity index (χ3v) is 5.19. The minimum absolute atomic E-state index is 0.133. The second kappa shape index (κ2) is 7.81. The van der Waals surface area contributed by atoms with E-state index < -0.39 is 17.5 Å². The first kappa shape index (κ1) is 20.8. The second-order valence-electron chi connectivity index (χ2n) is 8.18. The molecule has 1 aromatic carbocycles. The highest BCUT2D eigenvalue weighted by atomic mass is 19.1. The molecule has 0 radical (unpaired) electrons. The summed E-state index contributed by atoms with van der Waals surface area (Å²) in [5, 5.41) is 5.43. The number of benzene rings is 1. The van der Waals surface area contributed by atoms with E-state index in [1.807, 2.05) is 6.92 Å². The van der Waals surface area contributed by atoms with Gasteiger partial charge in [-0.1, -0.05) is 12.1 Å². The zero-order chi connectivity index (χ0) is 21.3. The lowest BCUT2D eigenvalue weighted by atomic mass is 9.98. The molecule has 9 heteroatoms. The van der Waals surface area contributed by atoms with E-state index in [0.717, 1.165) is 10.5 Å². The standard InChI is InChI=1S/C20H25FN4O4/c1-12(8-13-4-6-15(21)7-5-13)22-17(27)14-9-24(10-14)16(26)11-25-18(28)20(2,3)23-19(25)29/h4-7,12,14H,8-11H2,1-3H3,(H,22,27)(H,23,29). The predicted octanol–water partition coefficient (Wildman–Crippen LogP) is 0.662. The van der Waals surface area contributed by atoms with Crippen LogP contribution in [0.15, 0.2) is 24.3 Å². The largest absolute Gasteiger partial charge is 0.353 e. The Kier molecular flexibility index (Phi) is 5.59. The molecular weight excluding hydrogens is 379 g/mol. The van der Waals surface area contributed by atoms with E-state index in [0.29, 0.717) is 6.42 Å². The Balaban J connectivity index is 1.43. The van der Waals surface area contributed by atoms with Crippen LogP contribution in [0.1, 0.15) is 26.3 Å². The minimum Gasteiger partial charge on any atom is -0.353 e. The summed E-state index contributed by atoms with van der Waals surface area (Å²) >= 11 is 0. The van der Waals surface area contributed by atoms with E-state index in [-0.39, 0.29) is 49.2 Å². The summed E-state index contributed by atoms with van der Waals surface area (Å²) in [5.74, 6) is -1.59. The molecule has 2 fully saturated rings. The maximum Gasteiger partial charge on any atom is 0.325 e. The summed E-state index contributed by atoms with van der Waals surface area (Å²) in [4.78, 5) is 51.1. The number of imide groups is 1. The average Bonchev–Trinajstić information content (AvgIpc) is 2.77. The molecule has 0 aliphatic carbocycles. The van der Waals surface area contributed by atoms with Crippen LogP contribution in [0.5, 0.6) is 0 Å². The van der Waals surface area contributed by atoms with E-state index in [1.165, 1.54) is 17.0 Å². The Morgan fingerprint density at radius 3 is 2.41 bits per heavy atom. The zero-order valence-corrected chi connectivity index (χ0v) is 16.7. The van der Waals surface area contributed by atoms with Crippen LogP contribution in [0, 0.1) is 11.7 Å². The van der Waals surface area contributed by atoms with Crippen LogP contribution in [0.4, 0.5) is 9.18 Å². The summed E-state index contributed by atoms with van der Waals surface area (Å²) in [6, 6.07) is 5.40. The molecule has 5 amide bonds. The molecule has 2 saturated heterocycles. The van der Waals surface area contributed by atoms with Crippen molar-refractivity contribution >= 4 is 23.8 Å². The van der Waals surface area contributed by atoms with Crippen molar-refractivity contribution in [2.75, 3.05) is 19.6 Å². The van der Waals surface area contributed by atoms with Gasteiger partial charge in [-0.25, -0.2) is 9.18 Å². The first-order chi connectivity index (χ1) is 13.6. The van der Waals surface area contributed by atoms with Crippen LogP contribution >= 0.6 is 0 Å². The summed E-state index contributed by atoms with van der Waals surface area (Å²) in [5.41, 5.74) is -0.101. The van der Waals surface area contributed by atoms with Crippen LogP contribution in [0.2, 0.25) is 0 Å². The fourth-order valence-corrected chi connectivity index (χ4v) is 3.43. The molecule has 29 heavy (non-hydrogen) atoms. The Labute approximate surface area is 168 Å². The van der Waals surface area contributed by atoms with E-state index >= 15 is 0 Å². The lowest BCUT2D eigenvalue weighted by Gasteiger charge is -2.39. The summed E-state index contributed by atoms with van der Waals surface area (Å²) in [6.07, 6.45) is 0.573. The van der Waals surface area contributed by atoms with Crippen molar-refractivity contribution in [3.05, 3.63) is 35.6 Å². The number of amides is 5. The van der Waals surface area contributed by atoms with Gasteiger partial charge in [0.05, 0.1) is 5.92 Å². The van der Waals surface area contributed by atoms with Crippen LogP contribution < -0.4 is 10.6 Å². The first-order valence-electron chi connectivity index (χ1n) is 9.53. The van der Waals surface area contributed by atoms with Crippen molar-refractivity contribution in [2.24, 2.45) is 5.92 Å². The molecule has 1 aromatic rings. The lowest BCUT2D eigenvalue weighted by Crippen LogP contribution is -2.58. The van der Waals surface area contributed by atoms with Gasteiger partial charge >= 0.3 is 6.03 Å². The van der Waals surface area contributed by atoms with Gasteiger partial charge in [-0.2, -0.15) is 0 Å². The Hall–Kier alpha value is -2.97. The molecule has 2 aliphatic heterocycles. The molecule has 8 nitrogen and oxygen atoms in total. The van der Waals surface area contributed by atoms with Crippen molar-refractivity contribution in [2.45, 2.75) is 38.8 Å². The van der Waals surface area contributed by atoms with Crippen molar-refractivity contribution < 1.29 is 23.6 Å². The molecule has 2 heterocycles. The quantitative estimate of drug-likeness (QED) is 0.681. The number of likely N-dealkylation sites (tertiary alicyclic amines) is 1. The number of urea groups is 1. The number of hydrogen-bond acceptors (Lipinski definition) is 4. The number of hydrogen-bond donors (Lipinski definition) is 2. The molecule has 156 valence electrons. The molecular formula is C20H25FN4O4. The molecule has 2 N–H and O–H groups in total. The third-order valence-electron chi connectivity index (χ3n) is 5.19. The molecule has 1 unspecified atom stereocenters. The van der Waals surface area contributed by atoms with Crippen molar-refractivity contribution in [1.29, 1.82) is 0 Å². The molecule has 0 spiro atoms. The van der Waals surface area contributed by atoms with Gasteiger partial charge < -0.3 is 15.5 Å². The number of carbonyl (C=O) groups is 4. The summed E-state index contributed by atoms with van der Waals surface area (Å²) in [6.45, 7) is 5.19. The van der Waals surface area contributed by atoms with Gasteiger partial charge in [-0.05, 0) is 44.9 Å². The SMILES string of the molecule is CC(Cc1ccc(F)cc1)NC(=O)C1CN(C(=O)CN2C(=O)NC(C)(C)C2=O)C1. The number of nitrogens with zero attached hydrogens (tertiary/aromatic N) is 2. The molecule has 0 aromatic heterocycles. The third kappa shape index (κ3) is 4.55. The topological polar surface area (TPSA) is 98.8 Å². The Bertz CT molecular complexity index is 833. The Morgan fingerprint density at radius 1 is 1.24 bits per heavy atom. The lowest BCUT2D eigenvalue weighted by molar-refractivity contribution is -0.146. The molecule has 1 atom stereocenters. The number of rotatable bonds is 6. The van der Waals surface area contributed by atoms with Crippen LogP contribution in [-0.4, -0.2) is 64.8 Å². The van der Waals surface area contributed by atoms with Gasteiger partial charge in [0.15, 0.2) is 0 Å². The van der Waals surface area contributed by atoms with E-state index in [4.69, 9.17) is 0 Å². The van der Waals surface area contributed by atoms with Crippen LogP contribution in [0.25, 0.3) is 0 Å². The molecule has 3 rings (SSSR count). The predicted molar refractivity (Wildman–Crippen MR) is 102 cm³/mol. The number of carbonyl (C=O) groups excluding carboxylic acids is 4. The summed E-state index contributed by atoms with van der Waals surface area (Å²) in [7, 11) is 0. The van der Waals surface area contributed by atoms with E-state index in [9.17, 15) is 23.6 Å². The fraction of sp³-hybridized carbons (Fsp3) is 0.500. The van der Waals surface area contributed by atoms with Gasteiger partial charge in [-0.3, -0.25) is 19.3 Å². The van der Waals surface area contributed by atoms with Crippen LogP contribution in [0.3, 0.4) is 0 Å². The number of halogens is 1. The van der Waals surface area contributed by atoms with Gasteiger partial charge in [0, 0.05) is 19.1 Å². The first-order valence-corrected chi connectivity index (χ1v) is 9.53. The molecule has 0 bridgehead atoms. The summed E-state index contributed by atoms with van der Waals surface area (Å²) < 4.78 is 13.0. The maximum atomic E-state index is 13.0. The highest BCUT2D eigenvalue weighted by molar-refractivity contribution is 6.08. The van der Waals surface area contributed by atoms with Crippen molar-refractivity contribution in [3.8, 4) is 0 Å². The monoisotopic (exact) mass is 404 g/mol. The normalized spacial score (nSPS) is 19.6. The highest BCUT2D eigenvalue weighted by Gasteiger charge is 2.46. The van der Waals surface area contributed by atoms with Crippen molar-refractivity contribution in [1.82, 2.24) is 20.4 Å². The Morgan fingerprint density at radius 2 is 1.86 bits per heavy atom. The van der Waals surface area contributed by atoms with Gasteiger partial charge in [0.1, 0.15) is 17.9 Å². The van der Waals surface area contributed by atoms with Gasteiger partial charge in [-0.15, -0.1) is 0 Å². The zero-order valence-electron chi connectivity index (χ0n) is 16.7. The van der Waals surface area contributed by atoms with Crippen molar-refractivity contribution in [3.63, 3.8) is 0 Å². The molecule has 2 aliphatic rings. The van der Waals surface area contributed by atoms with E-state index in [1.54, 1.807) is 26.0 Å². The molecule has 0 saturated carbocycles.